The first-order valence-electron chi connectivity index (χ1n) is 6.33. The van der Waals surface area contributed by atoms with E-state index in [1.54, 1.807) is 19.1 Å². The Hall–Kier alpha value is -0.241. The summed E-state index contributed by atoms with van der Waals surface area (Å²) >= 11 is 5.97. The first kappa shape index (κ1) is 20.8. The molecule has 0 unspecified atom stereocenters. The Morgan fingerprint density at radius 2 is 1.62 bits per heavy atom. The van der Waals surface area contributed by atoms with Gasteiger partial charge in [-0.1, -0.05) is 17.7 Å². The standard InChI is InChI=1S/C12H12ClO2.C5H5.Fe/c1-2-15-12(14)9-5-8-11(13)10-6-3-4-7-10;1-2-4-5-3-1;/h3-9H,2H2,1H3;1-5H;/q;;+2/b9-5+,11-8-;;. The van der Waals surface area contributed by atoms with Crippen LogP contribution in [-0.4, -0.2) is 12.6 Å². The molecule has 0 heterocycles. The summed E-state index contributed by atoms with van der Waals surface area (Å²) in [6.45, 7) is 2.14. The Morgan fingerprint density at radius 3 is 2.10 bits per heavy atom. The second-order valence-corrected chi connectivity index (χ2v) is 4.17. The van der Waals surface area contributed by atoms with E-state index in [-0.39, 0.29) is 23.0 Å². The topological polar surface area (TPSA) is 26.3 Å². The molecule has 0 atom stereocenters. The van der Waals surface area contributed by atoms with Gasteiger partial charge in [0.1, 0.15) is 0 Å². The molecule has 0 aliphatic heterocycles. The van der Waals surface area contributed by atoms with Crippen molar-refractivity contribution in [3.05, 3.63) is 87.0 Å². The molecule has 2 rings (SSSR count). The zero-order valence-corrected chi connectivity index (χ0v) is 13.5. The summed E-state index contributed by atoms with van der Waals surface area (Å²) in [4.78, 5) is 10.9. The molecule has 2 saturated carbocycles. The van der Waals surface area contributed by atoms with Crippen LogP contribution in [0.25, 0.3) is 0 Å². The van der Waals surface area contributed by atoms with E-state index in [1.807, 2.05) is 57.8 Å². The fraction of sp³-hybridized carbons (Fsp3) is 0.118. The van der Waals surface area contributed by atoms with E-state index in [0.717, 1.165) is 5.92 Å². The average Bonchev–Trinajstić information content (AvgIpc) is 3.15. The van der Waals surface area contributed by atoms with Gasteiger partial charge in [-0.15, -0.1) is 0 Å². The fourth-order valence-corrected chi connectivity index (χ4v) is 1.55. The summed E-state index contributed by atoms with van der Waals surface area (Å²) in [5.74, 6) is 0.575. The number of rotatable bonds is 4. The van der Waals surface area contributed by atoms with Gasteiger partial charge in [-0.05, 0) is 70.8 Å². The van der Waals surface area contributed by atoms with Crippen LogP contribution in [0.3, 0.4) is 0 Å². The third-order valence-electron chi connectivity index (χ3n) is 2.26. The van der Waals surface area contributed by atoms with Crippen LogP contribution in [0.1, 0.15) is 6.92 Å². The number of halogens is 1. The molecule has 110 valence electrons. The van der Waals surface area contributed by atoms with Gasteiger partial charge in [0, 0.05) is 17.0 Å². The summed E-state index contributed by atoms with van der Waals surface area (Å²) < 4.78 is 4.72. The minimum atomic E-state index is -0.360. The molecule has 0 amide bonds. The van der Waals surface area contributed by atoms with Gasteiger partial charge in [0.15, 0.2) is 0 Å². The number of hydrogen-bond acceptors (Lipinski definition) is 2. The SMILES string of the molecule is CCOC(=O)/C=C/C=C(\Cl)[C]1[CH][CH][CH][CH]1.[CH]1[CH][CH][CH][CH]1.[Fe+2]. The molecule has 0 aromatic rings. The van der Waals surface area contributed by atoms with Crippen LogP contribution in [0.4, 0.5) is 0 Å². The monoisotopic (exact) mass is 344 g/mol. The minimum absolute atomic E-state index is 0. The average molecular weight is 345 g/mol. The summed E-state index contributed by atoms with van der Waals surface area (Å²) in [6, 6.07) is 0. The quantitative estimate of drug-likeness (QED) is 0.337. The molecule has 0 spiro atoms. The van der Waals surface area contributed by atoms with Crippen LogP contribution in [0.2, 0.25) is 0 Å². The Kier molecular flexibility index (Phi) is 13.3. The number of carbonyl (C=O) groups is 1. The zero-order chi connectivity index (χ0) is 14.6. The molecule has 21 heavy (non-hydrogen) atoms. The number of esters is 1. The Labute approximate surface area is 144 Å². The summed E-state index contributed by atoms with van der Waals surface area (Å²) in [6.07, 6.45) is 22.2. The number of carbonyl (C=O) groups excluding carboxylic acids is 1. The summed E-state index contributed by atoms with van der Waals surface area (Å²) in [5.41, 5.74) is 0. The molecular formula is C17H17ClFeO2+2. The van der Waals surface area contributed by atoms with Crippen LogP contribution in [-0.2, 0) is 26.6 Å². The van der Waals surface area contributed by atoms with Crippen molar-refractivity contribution in [2.75, 3.05) is 6.61 Å². The van der Waals surface area contributed by atoms with E-state index in [1.165, 1.54) is 6.08 Å². The maximum Gasteiger partial charge on any atom is 2.00 e. The van der Waals surface area contributed by atoms with Crippen molar-refractivity contribution in [1.82, 2.24) is 0 Å². The zero-order valence-electron chi connectivity index (χ0n) is 11.7. The molecule has 0 N–H and O–H groups in total. The van der Waals surface area contributed by atoms with Crippen LogP contribution >= 0.6 is 11.6 Å². The number of hydrogen-bond donors (Lipinski definition) is 0. The Balaban J connectivity index is 0.000000562. The first-order valence-corrected chi connectivity index (χ1v) is 6.71. The van der Waals surface area contributed by atoms with E-state index < -0.39 is 0 Å². The molecule has 2 aliphatic rings. The largest absolute Gasteiger partial charge is 2.00 e. The van der Waals surface area contributed by atoms with E-state index in [2.05, 4.69) is 0 Å². The predicted molar refractivity (Wildman–Crippen MR) is 81.7 cm³/mol. The van der Waals surface area contributed by atoms with E-state index in [4.69, 9.17) is 16.3 Å². The van der Waals surface area contributed by atoms with E-state index >= 15 is 0 Å². The first-order chi connectivity index (χ1) is 9.74. The molecule has 10 radical (unpaired) electrons. The molecular weight excluding hydrogens is 327 g/mol. The maximum absolute atomic E-state index is 10.9. The van der Waals surface area contributed by atoms with E-state index in [9.17, 15) is 4.79 Å². The molecule has 2 fully saturated rings. The van der Waals surface area contributed by atoms with Crippen LogP contribution < -0.4 is 0 Å². The van der Waals surface area contributed by atoms with Gasteiger partial charge in [-0.2, -0.15) is 0 Å². The number of ether oxygens (including phenoxy) is 1. The van der Waals surface area contributed by atoms with E-state index in [0.29, 0.717) is 11.6 Å². The van der Waals surface area contributed by atoms with Crippen LogP contribution in [0.15, 0.2) is 23.3 Å². The molecule has 2 nitrogen and oxygen atoms in total. The van der Waals surface area contributed by atoms with Gasteiger partial charge in [-0.25, -0.2) is 4.79 Å². The van der Waals surface area contributed by atoms with Crippen molar-refractivity contribution >= 4 is 17.6 Å². The van der Waals surface area contributed by atoms with Crippen molar-refractivity contribution in [3.63, 3.8) is 0 Å². The molecule has 0 aromatic heterocycles. The van der Waals surface area contributed by atoms with Crippen molar-refractivity contribution in [3.8, 4) is 0 Å². The van der Waals surface area contributed by atoms with Gasteiger partial charge in [-0.3, -0.25) is 0 Å². The van der Waals surface area contributed by atoms with Crippen LogP contribution in [0.5, 0.6) is 0 Å². The second kappa shape index (κ2) is 13.4. The normalized spacial score (nSPS) is 19.0. The molecule has 0 bridgehead atoms. The molecule has 0 saturated heterocycles. The van der Waals surface area contributed by atoms with Gasteiger partial charge in [0.2, 0.25) is 0 Å². The van der Waals surface area contributed by atoms with Gasteiger partial charge >= 0.3 is 23.0 Å². The minimum Gasteiger partial charge on any atom is -0.463 e. The molecule has 2 aliphatic carbocycles. The second-order valence-electron chi connectivity index (χ2n) is 3.76. The summed E-state index contributed by atoms with van der Waals surface area (Å²) in [7, 11) is 0. The Bertz CT molecular complexity index is 322. The van der Waals surface area contributed by atoms with Gasteiger partial charge in [0.25, 0.3) is 0 Å². The summed E-state index contributed by atoms with van der Waals surface area (Å²) in [5, 5.41) is 0.598. The third kappa shape index (κ3) is 10.2. The van der Waals surface area contributed by atoms with Crippen molar-refractivity contribution in [1.29, 1.82) is 0 Å². The van der Waals surface area contributed by atoms with Crippen molar-refractivity contribution in [2.45, 2.75) is 6.92 Å². The smallest absolute Gasteiger partial charge is 0.463 e. The Morgan fingerprint density at radius 1 is 1.10 bits per heavy atom. The third-order valence-corrected chi connectivity index (χ3v) is 2.60. The van der Waals surface area contributed by atoms with Gasteiger partial charge in [0.05, 0.1) is 6.61 Å². The van der Waals surface area contributed by atoms with Crippen molar-refractivity contribution < 1.29 is 26.6 Å². The van der Waals surface area contributed by atoms with Crippen molar-refractivity contribution in [2.24, 2.45) is 0 Å². The van der Waals surface area contributed by atoms with Gasteiger partial charge < -0.3 is 4.74 Å². The fourth-order valence-electron chi connectivity index (χ4n) is 1.35. The molecule has 4 heteroatoms. The van der Waals surface area contributed by atoms with Crippen LogP contribution in [0, 0.1) is 63.7 Å². The maximum atomic E-state index is 10.9. The predicted octanol–water partition coefficient (Wildman–Crippen LogP) is 3.65. The number of allylic oxidation sites excluding steroid dienone is 3. The molecule has 0 aromatic carbocycles.